The number of carbonyl (C=O) groups is 1. The summed E-state index contributed by atoms with van der Waals surface area (Å²) in [6.07, 6.45) is 0. The molecule has 148 valence electrons. The molecule has 1 atom stereocenters. The van der Waals surface area contributed by atoms with Crippen LogP contribution in [0, 0.1) is 0 Å². The van der Waals surface area contributed by atoms with Crippen molar-refractivity contribution in [2.24, 2.45) is 0 Å². The van der Waals surface area contributed by atoms with Crippen LogP contribution in [0.3, 0.4) is 0 Å². The molecule has 2 saturated heterocycles. The maximum atomic E-state index is 13.6. The van der Waals surface area contributed by atoms with Crippen LogP contribution in [0.1, 0.15) is 0 Å². The number of sulfonamides is 1. The predicted octanol–water partition coefficient (Wildman–Crippen LogP) is 2.99. The van der Waals surface area contributed by atoms with Crippen molar-refractivity contribution in [3.63, 3.8) is 0 Å². The lowest BCUT2D eigenvalue weighted by Gasteiger charge is -2.31. The van der Waals surface area contributed by atoms with Crippen LogP contribution in [0.2, 0.25) is 0 Å². The lowest BCUT2D eigenvalue weighted by molar-refractivity contribution is -0.133. The third-order valence-electron chi connectivity index (χ3n) is 5.01. The van der Waals surface area contributed by atoms with Gasteiger partial charge in [-0.2, -0.15) is 16.1 Å². The predicted molar refractivity (Wildman–Crippen MR) is 116 cm³/mol. The van der Waals surface area contributed by atoms with Gasteiger partial charge in [0.1, 0.15) is 6.04 Å². The zero-order chi connectivity index (χ0) is 19.6. The molecule has 0 spiro atoms. The van der Waals surface area contributed by atoms with E-state index < -0.39 is 16.1 Å². The average Bonchev–Trinajstić information content (AvgIpc) is 3.25. The quantitative estimate of drug-likeness (QED) is 0.740. The molecule has 0 N–H and O–H groups in total. The van der Waals surface area contributed by atoms with Crippen LogP contribution >= 0.6 is 23.5 Å². The van der Waals surface area contributed by atoms with Gasteiger partial charge in [0, 0.05) is 35.9 Å². The van der Waals surface area contributed by atoms with E-state index in [9.17, 15) is 13.2 Å². The Morgan fingerprint density at radius 3 is 2.36 bits per heavy atom. The summed E-state index contributed by atoms with van der Waals surface area (Å²) in [6.45, 7) is 1.39. The topological polar surface area (TPSA) is 57.7 Å². The third kappa shape index (κ3) is 3.83. The molecule has 2 fully saturated rings. The van der Waals surface area contributed by atoms with Crippen molar-refractivity contribution in [3.8, 4) is 11.1 Å². The SMILES string of the molecule is O=C(C1CSCN1S(=O)(=O)c1ccccc1-c1ccccc1)N1CCSCC1. The highest BCUT2D eigenvalue weighted by molar-refractivity contribution is 8.00. The van der Waals surface area contributed by atoms with Crippen LogP contribution in [-0.4, -0.2) is 65.8 Å². The molecule has 2 aliphatic heterocycles. The van der Waals surface area contributed by atoms with Crippen LogP contribution in [0.5, 0.6) is 0 Å². The first-order valence-corrected chi connectivity index (χ1v) is 12.9. The molecule has 0 aliphatic carbocycles. The summed E-state index contributed by atoms with van der Waals surface area (Å²) in [5.74, 6) is 2.58. The molecule has 1 amide bonds. The molecule has 0 radical (unpaired) electrons. The van der Waals surface area contributed by atoms with E-state index in [0.29, 0.717) is 30.3 Å². The number of thioether (sulfide) groups is 2. The van der Waals surface area contributed by atoms with Gasteiger partial charge in [-0.3, -0.25) is 4.79 Å². The van der Waals surface area contributed by atoms with Gasteiger partial charge in [0.15, 0.2) is 0 Å². The molecule has 2 aromatic carbocycles. The van der Waals surface area contributed by atoms with Crippen molar-refractivity contribution in [2.45, 2.75) is 10.9 Å². The molecular weight excluding hydrogens is 412 g/mol. The molecule has 1 unspecified atom stereocenters. The molecule has 8 heteroatoms. The number of hydrogen-bond donors (Lipinski definition) is 0. The number of amides is 1. The average molecular weight is 435 g/mol. The maximum Gasteiger partial charge on any atom is 0.245 e. The minimum Gasteiger partial charge on any atom is -0.340 e. The Morgan fingerprint density at radius 2 is 1.61 bits per heavy atom. The summed E-state index contributed by atoms with van der Waals surface area (Å²) in [5, 5.41) is 0. The van der Waals surface area contributed by atoms with Crippen LogP contribution in [0.25, 0.3) is 11.1 Å². The Kier molecular flexibility index (Phi) is 6.01. The van der Waals surface area contributed by atoms with E-state index >= 15 is 0 Å². The fourth-order valence-corrected chi connectivity index (χ4v) is 7.78. The number of nitrogens with zero attached hydrogens (tertiary/aromatic N) is 2. The van der Waals surface area contributed by atoms with Gasteiger partial charge in [0.2, 0.25) is 15.9 Å². The van der Waals surface area contributed by atoms with Crippen LogP contribution in [0.15, 0.2) is 59.5 Å². The van der Waals surface area contributed by atoms with Crippen molar-refractivity contribution in [1.82, 2.24) is 9.21 Å². The molecule has 0 saturated carbocycles. The number of carbonyl (C=O) groups excluding carboxylic acids is 1. The Balaban J connectivity index is 1.68. The second kappa shape index (κ2) is 8.49. The van der Waals surface area contributed by atoms with Crippen molar-refractivity contribution in [1.29, 1.82) is 0 Å². The number of rotatable bonds is 4. The highest BCUT2D eigenvalue weighted by Crippen LogP contribution is 2.34. The minimum atomic E-state index is -3.79. The van der Waals surface area contributed by atoms with Gasteiger partial charge in [-0.25, -0.2) is 8.42 Å². The third-order valence-corrected chi connectivity index (χ3v) is 9.04. The molecule has 5 nitrogen and oxygen atoms in total. The lowest BCUT2D eigenvalue weighted by atomic mass is 10.1. The van der Waals surface area contributed by atoms with E-state index in [2.05, 4.69) is 0 Å². The molecular formula is C20H22N2O3S3. The highest BCUT2D eigenvalue weighted by atomic mass is 32.2. The molecule has 0 aromatic heterocycles. The monoisotopic (exact) mass is 434 g/mol. The van der Waals surface area contributed by atoms with Gasteiger partial charge in [-0.15, -0.1) is 11.8 Å². The van der Waals surface area contributed by atoms with E-state index in [0.717, 1.165) is 17.1 Å². The Hall–Kier alpha value is -1.48. The number of hydrogen-bond acceptors (Lipinski definition) is 5. The van der Waals surface area contributed by atoms with Gasteiger partial charge in [0.05, 0.1) is 10.8 Å². The Bertz CT molecular complexity index is 944. The van der Waals surface area contributed by atoms with E-state index in [1.54, 1.807) is 12.1 Å². The summed E-state index contributed by atoms with van der Waals surface area (Å²) < 4.78 is 28.5. The van der Waals surface area contributed by atoms with Crippen molar-refractivity contribution in [2.75, 3.05) is 36.2 Å². The van der Waals surface area contributed by atoms with Gasteiger partial charge < -0.3 is 4.90 Å². The number of benzene rings is 2. The molecule has 4 rings (SSSR count). The minimum absolute atomic E-state index is 0.0638. The molecule has 2 heterocycles. The first-order chi connectivity index (χ1) is 13.6. The van der Waals surface area contributed by atoms with Gasteiger partial charge in [-0.1, -0.05) is 48.5 Å². The summed E-state index contributed by atoms with van der Waals surface area (Å²) >= 11 is 3.33. The molecule has 28 heavy (non-hydrogen) atoms. The van der Waals surface area contributed by atoms with Crippen molar-refractivity contribution in [3.05, 3.63) is 54.6 Å². The first kappa shape index (κ1) is 19.8. The van der Waals surface area contributed by atoms with Crippen LogP contribution in [-0.2, 0) is 14.8 Å². The summed E-state index contributed by atoms with van der Waals surface area (Å²) in [4.78, 5) is 15.1. The van der Waals surface area contributed by atoms with Crippen LogP contribution in [0.4, 0.5) is 0 Å². The van der Waals surface area contributed by atoms with E-state index in [4.69, 9.17) is 0 Å². The first-order valence-electron chi connectivity index (χ1n) is 9.19. The Morgan fingerprint density at radius 1 is 0.929 bits per heavy atom. The van der Waals surface area contributed by atoms with Gasteiger partial charge >= 0.3 is 0 Å². The second-order valence-corrected chi connectivity index (χ2v) is 10.8. The Labute approximate surface area is 174 Å². The van der Waals surface area contributed by atoms with E-state index in [-0.39, 0.29) is 10.8 Å². The highest BCUT2D eigenvalue weighted by Gasteiger charge is 2.42. The molecule has 2 aliphatic rings. The van der Waals surface area contributed by atoms with Crippen molar-refractivity contribution < 1.29 is 13.2 Å². The van der Waals surface area contributed by atoms with Gasteiger partial charge in [-0.05, 0) is 11.6 Å². The normalized spacial score (nSPS) is 21.0. The fourth-order valence-electron chi connectivity index (χ4n) is 3.53. The fraction of sp³-hybridized carbons (Fsp3) is 0.350. The maximum absolute atomic E-state index is 13.6. The van der Waals surface area contributed by atoms with Crippen LogP contribution < -0.4 is 0 Å². The largest absolute Gasteiger partial charge is 0.340 e. The summed E-state index contributed by atoms with van der Waals surface area (Å²) in [6, 6.07) is 15.9. The standard InChI is InChI=1S/C20H22N2O3S3/c23-20(21-10-12-26-13-11-21)18-14-27-15-22(18)28(24,25)19-9-5-4-8-17(19)16-6-2-1-3-7-16/h1-9,18H,10-15H2. The van der Waals surface area contributed by atoms with Crippen molar-refractivity contribution >= 4 is 39.5 Å². The smallest absolute Gasteiger partial charge is 0.245 e. The van der Waals surface area contributed by atoms with E-state index in [1.807, 2.05) is 59.1 Å². The zero-order valence-corrected chi connectivity index (χ0v) is 17.8. The molecule has 0 bridgehead atoms. The summed E-state index contributed by atoms with van der Waals surface area (Å²) in [5.41, 5.74) is 1.52. The zero-order valence-electron chi connectivity index (χ0n) is 15.4. The summed E-state index contributed by atoms with van der Waals surface area (Å²) in [7, 11) is -3.79. The van der Waals surface area contributed by atoms with Gasteiger partial charge in [0.25, 0.3) is 0 Å². The second-order valence-electron chi connectivity index (χ2n) is 6.71. The molecule has 2 aromatic rings. The van der Waals surface area contributed by atoms with E-state index in [1.165, 1.54) is 16.1 Å². The lowest BCUT2D eigenvalue weighted by Crippen LogP contribution is -2.51.